The van der Waals surface area contributed by atoms with Crippen LogP contribution in [0.25, 0.3) is 10.9 Å². The van der Waals surface area contributed by atoms with Crippen LogP contribution in [0.15, 0.2) is 36.5 Å². The normalized spacial score (nSPS) is 13.1. The number of pyridine rings is 1. The van der Waals surface area contributed by atoms with E-state index in [1.54, 1.807) is 0 Å². The minimum Gasteiger partial charge on any atom is -0.271 e. The van der Waals surface area contributed by atoms with Crippen LogP contribution in [0, 0.1) is 5.92 Å². The van der Waals surface area contributed by atoms with Crippen LogP contribution in [0.4, 0.5) is 0 Å². The number of hydrogen-bond donors (Lipinski definition) is 2. The van der Waals surface area contributed by atoms with Gasteiger partial charge in [0.2, 0.25) is 0 Å². The van der Waals surface area contributed by atoms with Crippen LogP contribution in [0.1, 0.15) is 38.3 Å². The molecule has 1 aromatic heterocycles. The highest BCUT2D eigenvalue weighted by atomic mass is 15.2. The SMILES string of the molecule is CC(C)CCC(NN)c1cnc2ccccc2c1. The zero-order valence-electron chi connectivity index (χ0n) is 11.1. The largest absolute Gasteiger partial charge is 0.271 e. The molecule has 1 unspecified atom stereocenters. The highest BCUT2D eigenvalue weighted by Gasteiger charge is 2.11. The first-order valence-corrected chi connectivity index (χ1v) is 6.51. The van der Waals surface area contributed by atoms with E-state index < -0.39 is 0 Å². The Balaban J connectivity index is 2.22. The van der Waals surface area contributed by atoms with Crippen molar-refractivity contribution < 1.29 is 0 Å². The molecule has 3 nitrogen and oxygen atoms in total. The average Bonchev–Trinajstić information content (AvgIpc) is 2.39. The van der Waals surface area contributed by atoms with Gasteiger partial charge in [-0.1, -0.05) is 32.0 Å². The number of aromatic nitrogens is 1. The zero-order valence-corrected chi connectivity index (χ0v) is 11.1. The van der Waals surface area contributed by atoms with Crippen molar-refractivity contribution in [2.45, 2.75) is 32.7 Å². The van der Waals surface area contributed by atoms with Crippen LogP contribution >= 0.6 is 0 Å². The molecule has 0 radical (unpaired) electrons. The van der Waals surface area contributed by atoms with E-state index in [1.165, 1.54) is 5.39 Å². The fourth-order valence-corrected chi connectivity index (χ4v) is 2.12. The van der Waals surface area contributed by atoms with Gasteiger partial charge in [0.15, 0.2) is 0 Å². The number of benzene rings is 1. The van der Waals surface area contributed by atoms with Gasteiger partial charge in [-0.15, -0.1) is 0 Å². The molecule has 1 aromatic carbocycles. The standard InChI is InChI=1S/C15H21N3/c1-11(2)7-8-15(18-16)13-9-12-5-3-4-6-14(12)17-10-13/h3-6,9-11,15,18H,7-8,16H2,1-2H3. The van der Waals surface area contributed by atoms with Crippen LogP contribution in [-0.4, -0.2) is 4.98 Å². The van der Waals surface area contributed by atoms with Gasteiger partial charge < -0.3 is 0 Å². The Morgan fingerprint density at radius 2 is 2.00 bits per heavy atom. The lowest BCUT2D eigenvalue weighted by molar-refractivity contribution is 0.448. The molecule has 0 saturated heterocycles. The van der Waals surface area contributed by atoms with Crippen molar-refractivity contribution in [3.05, 3.63) is 42.1 Å². The summed E-state index contributed by atoms with van der Waals surface area (Å²) >= 11 is 0. The van der Waals surface area contributed by atoms with Crippen molar-refractivity contribution in [1.29, 1.82) is 0 Å². The van der Waals surface area contributed by atoms with Gasteiger partial charge in [-0.2, -0.15) is 0 Å². The van der Waals surface area contributed by atoms with Crippen LogP contribution in [-0.2, 0) is 0 Å². The Kier molecular flexibility index (Phi) is 4.28. The summed E-state index contributed by atoms with van der Waals surface area (Å²) in [4.78, 5) is 4.48. The molecule has 0 saturated carbocycles. The van der Waals surface area contributed by atoms with Gasteiger partial charge in [-0.05, 0) is 36.5 Å². The quantitative estimate of drug-likeness (QED) is 0.626. The number of nitrogens with one attached hydrogen (secondary N) is 1. The van der Waals surface area contributed by atoms with Crippen molar-refractivity contribution in [2.75, 3.05) is 0 Å². The second kappa shape index (κ2) is 5.94. The minimum atomic E-state index is 0.185. The van der Waals surface area contributed by atoms with Crippen LogP contribution < -0.4 is 11.3 Å². The molecule has 1 atom stereocenters. The molecule has 3 N–H and O–H groups in total. The molecule has 18 heavy (non-hydrogen) atoms. The predicted molar refractivity (Wildman–Crippen MR) is 75.9 cm³/mol. The molecule has 0 amide bonds. The molecule has 0 fully saturated rings. The van der Waals surface area contributed by atoms with E-state index in [-0.39, 0.29) is 6.04 Å². The van der Waals surface area contributed by atoms with Gasteiger partial charge in [0.1, 0.15) is 0 Å². The summed E-state index contributed by atoms with van der Waals surface area (Å²) < 4.78 is 0. The maximum atomic E-state index is 5.66. The Labute approximate surface area is 108 Å². The van der Waals surface area contributed by atoms with Gasteiger partial charge in [-0.25, -0.2) is 0 Å². The maximum Gasteiger partial charge on any atom is 0.0702 e. The van der Waals surface area contributed by atoms with Gasteiger partial charge in [0.05, 0.1) is 5.52 Å². The van der Waals surface area contributed by atoms with Crippen molar-refractivity contribution in [2.24, 2.45) is 11.8 Å². The number of para-hydroxylation sites is 1. The first-order valence-electron chi connectivity index (χ1n) is 6.51. The molecule has 0 aliphatic carbocycles. The summed E-state index contributed by atoms with van der Waals surface area (Å²) in [6.45, 7) is 4.46. The molecule has 0 aliphatic rings. The van der Waals surface area contributed by atoms with Gasteiger partial charge in [0, 0.05) is 17.6 Å². The number of nitrogens with zero attached hydrogens (tertiary/aromatic N) is 1. The van der Waals surface area contributed by atoms with Gasteiger partial charge in [-0.3, -0.25) is 16.3 Å². The number of fused-ring (bicyclic) bond motifs is 1. The Hall–Kier alpha value is -1.45. The maximum absolute atomic E-state index is 5.66. The Morgan fingerprint density at radius 3 is 2.72 bits per heavy atom. The minimum absolute atomic E-state index is 0.185. The van der Waals surface area contributed by atoms with Gasteiger partial charge in [0.25, 0.3) is 0 Å². The summed E-state index contributed by atoms with van der Waals surface area (Å²) in [6.07, 6.45) is 4.11. The lowest BCUT2D eigenvalue weighted by Crippen LogP contribution is -2.28. The highest BCUT2D eigenvalue weighted by Crippen LogP contribution is 2.22. The smallest absolute Gasteiger partial charge is 0.0702 e. The third kappa shape index (κ3) is 3.06. The van der Waals surface area contributed by atoms with Crippen molar-refractivity contribution in [3.8, 4) is 0 Å². The Bertz CT molecular complexity index is 508. The zero-order chi connectivity index (χ0) is 13.0. The second-order valence-corrected chi connectivity index (χ2v) is 5.15. The first kappa shape index (κ1) is 13.0. The van der Waals surface area contributed by atoms with E-state index in [0.717, 1.165) is 23.9 Å². The molecule has 0 spiro atoms. The summed E-state index contributed by atoms with van der Waals surface area (Å²) in [5.74, 6) is 6.35. The van der Waals surface area contributed by atoms with Crippen LogP contribution in [0.3, 0.4) is 0 Å². The van der Waals surface area contributed by atoms with Crippen LogP contribution in [0.5, 0.6) is 0 Å². The van der Waals surface area contributed by atoms with E-state index in [9.17, 15) is 0 Å². The third-order valence-corrected chi connectivity index (χ3v) is 3.25. The third-order valence-electron chi connectivity index (χ3n) is 3.25. The van der Waals surface area contributed by atoms with E-state index in [1.807, 2.05) is 24.4 Å². The lowest BCUT2D eigenvalue weighted by Gasteiger charge is -2.17. The fourth-order valence-electron chi connectivity index (χ4n) is 2.12. The molecular weight excluding hydrogens is 222 g/mol. The fraction of sp³-hybridized carbons (Fsp3) is 0.400. The van der Waals surface area contributed by atoms with E-state index in [2.05, 4.69) is 36.4 Å². The van der Waals surface area contributed by atoms with Crippen molar-refractivity contribution >= 4 is 10.9 Å². The van der Waals surface area contributed by atoms with E-state index in [0.29, 0.717) is 5.92 Å². The molecule has 0 aliphatic heterocycles. The monoisotopic (exact) mass is 243 g/mol. The number of hydrazine groups is 1. The second-order valence-electron chi connectivity index (χ2n) is 5.15. The summed E-state index contributed by atoms with van der Waals surface area (Å²) in [7, 11) is 0. The van der Waals surface area contributed by atoms with E-state index >= 15 is 0 Å². The topological polar surface area (TPSA) is 50.9 Å². The lowest BCUT2D eigenvalue weighted by atomic mass is 9.98. The number of nitrogens with two attached hydrogens (primary N) is 1. The average molecular weight is 243 g/mol. The van der Waals surface area contributed by atoms with Crippen LogP contribution in [0.2, 0.25) is 0 Å². The van der Waals surface area contributed by atoms with Crippen molar-refractivity contribution in [3.63, 3.8) is 0 Å². The highest BCUT2D eigenvalue weighted by molar-refractivity contribution is 5.78. The summed E-state index contributed by atoms with van der Waals surface area (Å²) in [5.41, 5.74) is 5.09. The molecular formula is C15H21N3. The summed E-state index contributed by atoms with van der Waals surface area (Å²) in [5, 5.41) is 1.17. The first-order chi connectivity index (χ1) is 8.70. The molecule has 3 heteroatoms. The molecule has 0 bridgehead atoms. The molecule has 2 aromatic rings. The molecule has 2 rings (SSSR count). The summed E-state index contributed by atoms with van der Waals surface area (Å²) in [6, 6.07) is 10.5. The van der Waals surface area contributed by atoms with E-state index in [4.69, 9.17) is 5.84 Å². The van der Waals surface area contributed by atoms with Gasteiger partial charge >= 0.3 is 0 Å². The number of hydrogen-bond acceptors (Lipinski definition) is 3. The van der Waals surface area contributed by atoms with Crippen molar-refractivity contribution in [1.82, 2.24) is 10.4 Å². The Morgan fingerprint density at radius 1 is 1.22 bits per heavy atom. The molecule has 1 heterocycles. The number of rotatable bonds is 5. The predicted octanol–water partition coefficient (Wildman–Crippen LogP) is 3.18. The molecule has 96 valence electrons.